The molecule has 0 unspecified atom stereocenters. The third kappa shape index (κ3) is 3.92. The Morgan fingerprint density at radius 1 is 1.06 bits per heavy atom. The van der Waals surface area contributed by atoms with Crippen molar-refractivity contribution >= 4 is 5.91 Å². The average Bonchev–Trinajstić information content (AvgIpc) is 3.26. The van der Waals surface area contributed by atoms with Crippen molar-refractivity contribution in [2.75, 3.05) is 6.54 Å². The number of aromatic nitrogens is 5. The number of benzene rings is 1. The standard InChI is InChI=1S/C23H19FN6O2/c1-29-12-8-20(28-29)23(31)30-13-9-19-18(14-30)22(32-17-4-2-16(24)3-5-17)27-21(26-19)15-6-10-25-11-7-15/h2-8,10-12H,9,13-14H2,1H3. The van der Waals surface area contributed by atoms with E-state index in [1.807, 2.05) is 12.1 Å². The SMILES string of the molecule is Cn1ccc(C(=O)N2CCc3nc(-c4ccncc4)nc(Oc4ccc(F)cc4)c3C2)n1. The maximum Gasteiger partial charge on any atom is 0.274 e. The van der Waals surface area contributed by atoms with Crippen molar-refractivity contribution in [2.24, 2.45) is 7.05 Å². The topological polar surface area (TPSA) is 86.0 Å². The van der Waals surface area contributed by atoms with Crippen LogP contribution in [0.4, 0.5) is 4.39 Å². The van der Waals surface area contributed by atoms with Gasteiger partial charge < -0.3 is 9.64 Å². The van der Waals surface area contributed by atoms with Crippen LogP contribution in [0.15, 0.2) is 61.1 Å². The fraction of sp³-hybridized carbons (Fsp3) is 0.174. The molecule has 0 N–H and O–H groups in total. The molecule has 1 aliphatic heterocycles. The summed E-state index contributed by atoms with van der Waals surface area (Å²) in [4.78, 5) is 28.1. The zero-order valence-corrected chi connectivity index (χ0v) is 17.3. The molecule has 1 aromatic carbocycles. The summed E-state index contributed by atoms with van der Waals surface area (Å²) in [6.45, 7) is 0.795. The molecule has 8 nitrogen and oxygen atoms in total. The van der Waals surface area contributed by atoms with Gasteiger partial charge in [-0.05, 0) is 42.5 Å². The fourth-order valence-corrected chi connectivity index (χ4v) is 3.58. The van der Waals surface area contributed by atoms with Gasteiger partial charge in [-0.1, -0.05) is 0 Å². The second-order valence-electron chi connectivity index (χ2n) is 7.42. The maximum atomic E-state index is 13.3. The minimum atomic E-state index is -0.355. The van der Waals surface area contributed by atoms with Gasteiger partial charge >= 0.3 is 0 Å². The van der Waals surface area contributed by atoms with Crippen LogP contribution in [-0.2, 0) is 20.0 Å². The molecular weight excluding hydrogens is 411 g/mol. The maximum absolute atomic E-state index is 13.3. The molecule has 0 fully saturated rings. The molecule has 5 rings (SSSR count). The number of fused-ring (bicyclic) bond motifs is 1. The number of halogens is 1. The first-order valence-electron chi connectivity index (χ1n) is 10.1. The van der Waals surface area contributed by atoms with E-state index in [0.29, 0.717) is 36.1 Å². The van der Waals surface area contributed by atoms with E-state index < -0.39 is 0 Å². The van der Waals surface area contributed by atoms with Crippen molar-refractivity contribution < 1.29 is 13.9 Å². The summed E-state index contributed by atoms with van der Waals surface area (Å²) in [5.41, 5.74) is 2.72. The first-order chi connectivity index (χ1) is 15.6. The monoisotopic (exact) mass is 430 g/mol. The molecule has 32 heavy (non-hydrogen) atoms. The summed E-state index contributed by atoms with van der Waals surface area (Å²) < 4.78 is 21.0. The van der Waals surface area contributed by atoms with Crippen LogP contribution in [0.3, 0.4) is 0 Å². The summed E-state index contributed by atoms with van der Waals surface area (Å²) in [7, 11) is 1.77. The highest BCUT2D eigenvalue weighted by atomic mass is 19.1. The quantitative estimate of drug-likeness (QED) is 0.493. The number of hydrogen-bond acceptors (Lipinski definition) is 6. The number of hydrogen-bond donors (Lipinski definition) is 0. The van der Waals surface area contributed by atoms with E-state index in [9.17, 15) is 9.18 Å². The highest BCUT2D eigenvalue weighted by Gasteiger charge is 2.28. The first-order valence-corrected chi connectivity index (χ1v) is 10.1. The van der Waals surface area contributed by atoms with E-state index in [2.05, 4.69) is 15.1 Å². The van der Waals surface area contributed by atoms with Crippen molar-refractivity contribution in [3.8, 4) is 23.0 Å². The zero-order valence-electron chi connectivity index (χ0n) is 17.3. The lowest BCUT2D eigenvalue weighted by molar-refractivity contribution is 0.0725. The Hall–Kier alpha value is -4.14. The molecule has 9 heteroatoms. The predicted molar refractivity (Wildman–Crippen MR) is 113 cm³/mol. The van der Waals surface area contributed by atoms with Crippen molar-refractivity contribution in [2.45, 2.75) is 13.0 Å². The number of amides is 1. The van der Waals surface area contributed by atoms with Crippen LogP contribution in [-0.4, -0.2) is 42.1 Å². The van der Waals surface area contributed by atoms with Gasteiger partial charge in [0.2, 0.25) is 5.88 Å². The van der Waals surface area contributed by atoms with Gasteiger partial charge in [-0.3, -0.25) is 14.5 Å². The average molecular weight is 430 g/mol. The van der Waals surface area contributed by atoms with Crippen molar-refractivity contribution in [1.29, 1.82) is 0 Å². The first kappa shape index (κ1) is 19.8. The molecule has 0 aliphatic carbocycles. The lowest BCUT2D eigenvalue weighted by atomic mass is 10.1. The fourth-order valence-electron chi connectivity index (χ4n) is 3.58. The largest absolute Gasteiger partial charge is 0.439 e. The second-order valence-corrected chi connectivity index (χ2v) is 7.42. The van der Waals surface area contributed by atoms with Gasteiger partial charge in [0.15, 0.2) is 5.82 Å². The number of rotatable bonds is 4. The summed E-state index contributed by atoms with van der Waals surface area (Å²) in [5, 5.41) is 4.22. The van der Waals surface area contributed by atoms with Crippen LogP contribution in [0.1, 0.15) is 21.7 Å². The lowest BCUT2D eigenvalue weighted by Gasteiger charge is -2.29. The lowest BCUT2D eigenvalue weighted by Crippen LogP contribution is -2.37. The van der Waals surface area contributed by atoms with Gasteiger partial charge in [-0.15, -0.1) is 0 Å². The highest BCUT2D eigenvalue weighted by Crippen LogP contribution is 2.32. The molecular formula is C23H19FN6O2. The molecule has 0 radical (unpaired) electrons. The van der Waals surface area contributed by atoms with E-state index in [1.165, 1.54) is 24.3 Å². The molecule has 0 saturated carbocycles. The molecule has 1 amide bonds. The predicted octanol–water partition coefficient (Wildman–Crippen LogP) is 3.40. The smallest absolute Gasteiger partial charge is 0.274 e. The Morgan fingerprint density at radius 2 is 1.84 bits per heavy atom. The highest BCUT2D eigenvalue weighted by molar-refractivity contribution is 5.92. The molecule has 3 aromatic heterocycles. The van der Waals surface area contributed by atoms with Crippen LogP contribution in [0.5, 0.6) is 11.6 Å². The van der Waals surface area contributed by atoms with Crippen molar-refractivity contribution in [3.05, 3.63) is 83.8 Å². The summed E-state index contributed by atoms with van der Waals surface area (Å²) in [6, 6.07) is 11.1. The van der Waals surface area contributed by atoms with Crippen LogP contribution in [0.2, 0.25) is 0 Å². The number of nitrogens with zero attached hydrogens (tertiary/aromatic N) is 6. The van der Waals surface area contributed by atoms with Crippen LogP contribution >= 0.6 is 0 Å². The van der Waals surface area contributed by atoms with Crippen LogP contribution in [0.25, 0.3) is 11.4 Å². The summed E-state index contributed by atoms with van der Waals surface area (Å²) in [5.74, 6) is 0.773. The Labute approximate surface area is 183 Å². The molecule has 0 bridgehead atoms. The minimum Gasteiger partial charge on any atom is -0.439 e. The van der Waals surface area contributed by atoms with Gasteiger partial charge in [0, 0.05) is 44.2 Å². The number of aryl methyl sites for hydroxylation is 1. The summed E-state index contributed by atoms with van der Waals surface area (Å²) >= 11 is 0. The number of carbonyl (C=O) groups is 1. The van der Waals surface area contributed by atoms with E-state index in [1.54, 1.807) is 41.3 Å². The van der Waals surface area contributed by atoms with Crippen LogP contribution in [0, 0.1) is 5.82 Å². The third-order valence-corrected chi connectivity index (χ3v) is 5.21. The Morgan fingerprint density at radius 3 is 2.56 bits per heavy atom. The zero-order chi connectivity index (χ0) is 22.1. The van der Waals surface area contributed by atoms with Gasteiger partial charge in [0.05, 0.1) is 17.8 Å². The molecule has 4 aromatic rings. The third-order valence-electron chi connectivity index (χ3n) is 5.21. The van der Waals surface area contributed by atoms with E-state index in [4.69, 9.17) is 9.72 Å². The van der Waals surface area contributed by atoms with Crippen molar-refractivity contribution in [3.63, 3.8) is 0 Å². The molecule has 160 valence electrons. The molecule has 4 heterocycles. The van der Waals surface area contributed by atoms with Gasteiger partial charge in [0.1, 0.15) is 17.3 Å². The minimum absolute atomic E-state index is 0.165. The van der Waals surface area contributed by atoms with Gasteiger partial charge in [-0.2, -0.15) is 10.1 Å². The Balaban J connectivity index is 1.53. The number of carbonyl (C=O) groups excluding carboxylic acids is 1. The summed E-state index contributed by atoms with van der Waals surface area (Å²) in [6.07, 6.45) is 5.63. The van der Waals surface area contributed by atoms with Gasteiger partial charge in [0.25, 0.3) is 5.91 Å². The second kappa shape index (κ2) is 8.18. The van der Waals surface area contributed by atoms with E-state index in [0.717, 1.165) is 16.8 Å². The molecule has 0 spiro atoms. The Bertz CT molecular complexity index is 1270. The van der Waals surface area contributed by atoms with E-state index >= 15 is 0 Å². The van der Waals surface area contributed by atoms with E-state index in [-0.39, 0.29) is 18.3 Å². The number of pyridine rings is 1. The number of ether oxygens (including phenoxy) is 1. The Kier molecular flexibility index (Phi) is 5.06. The normalized spacial score (nSPS) is 13.0. The van der Waals surface area contributed by atoms with Crippen molar-refractivity contribution in [1.82, 2.24) is 29.6 Å². The molecule has 0 atom stereocenters. The molecule has 0 saturated heterocycles. The molecule has 1 aliphatic rings. The van der Waals surface area contributed by atoms with Gasteiger partial charge in [-0.25, -0.2) is 9.37 Å². The van der Waals surface area contributed by atoms with Crippen LogP contribution < -0.4 is 4.74 Å².